The van der Waals surface area contributed by atoms with Gasteiger partial charge in [-0.15, -0.1) is 11.3 Å². The standard InChI is InChI=1S/C20H24N4OS/c1-12(2)19-22-16(11-26-19)20(25)24-9-5-7-14(10-24)18-21-15-8-4-6-13(3)17(15)23-18/h4,6,8,11-12,14H,5,7,9-10H2,1-3H3,(H,21,23)/t14-/m1/s1. The van der Waals surface area contributed by atoms with Crippen LogP contribution in [0.15, 0.2) is 23.6 Å². The van der Waals surface area contributed by atoms with Gasteiger partial charge in [0, 0.05) is 30.3 Å². The van der Waals surface area contributed by atoms with Crippen LogP contribution in [0, 0.1) is 6.92 Å². The van der Waals surface area contributed by atoms with E-state index in [1.165, 1.54) is 5.56 Å². The molecule has 1 N–H and O–H groups in total. The second-order valence-electron chi connectivity index (χ2n) is 7.41. The van der Waals surface area contributed by atoms with Crippen molar-refractivity contribution in [2.24, 2.45) is 0 Å². The number of rotatable bonds is 3. The van der Waals surface area contributed by atoms with E-state index in [1.54, 1.807) is 11.3 Å². The first-order valence-corrected chi connectivity index (χ1v) is 10.1. The molecule has 3 heterocycles. The summed E-state index contributed by atoms with van der Waals surface area (Å²) in [6.45, 7) is 7.79. The molecule has 136 valence electrons. The number of aromatic amines is 1. The van der Waals surface area contributed by atoms with Gasteiger partial charge >= 0.3 is 0 Å². The first-order chi connectivity index (χ1) is 12.5. The molecule has 0 bridgehead atoms. The van der Waals surface area contributed by atoms with Gasteiger partial charge in [-0.25, -0.2) is 9.97 Å². The Hall–Kier alpha value is -2.21. The highest BCUT2D eigenvalue weighted by atomic mass is 32.1. The second-order valence-corrected chi connectivity index (χ2v) is 8.30. The number of piperidine rings is 1. The summed E-state index contributed by atoms with van der Waals surface area (Å²) in [7, 11) is 0. The van der Waals surface area contributed by atoms with E-state index in [2.05, 4.69) is 42.9 Å². The van der Waals surface area contributed by atoms with Crippen LogP contribution >= 0.6 is 11.3 Å². The van der Waals surface area contributed by atoms with Crippen molar-refractivity contribution < 1.29 is 4.79 Å². The number of hydrogen-bond donors (Lipinski definition) is 1. The van der Waals surface area contributed by atoms with Crippen LogP contribution in [0.25, 0.3) is 11.0 Å². The van der Waals surface area contributed by atoms with Gasteiger partial charge in [-0.05, 0) is 31.4 Å². The van der Waals surface area contributed by atoms with Crippen molar-refractivity contribution in [2.45, 2.75) is 45.4 Å². The molecule has 5 nitrogen and oxygen atoms in total. The Morgan fingerprint density at radius 3 is 2.92 bits per heavy atom. The Morgan fingerprint density at radius 1 is 1.35 bits per heavy atom. The molecular formula is C20H24N4OS. The number of carbonyl (C=O) groups is 1. The van der Waals surface area contributed by atoms with E-state index in [1.807, 2.05) is 16.3 Å². The van der Waals surface area contributed by atoms with E-state index in [0.29, 0.717) is 18.2 Å². The van der Waals surface area contributed by atoms with Crippen LogP contribution in [0.5, 0.6) is 0 Å². The van der Waals surface area contributed by atoms with Crippen LogP contribution < -0.4 is 0 Å². The maximum atomic E-state index is 12.9. The van der Waals surface area contributed by atoms with Crippen molar-refractivity contribution >= 4 is 28.3 Å². The molecule has 0 aliphatic carbocycles. The van der Waals surface area contributed by atoms with Crippen molar-refractivity contribution in [2.75, 3.05) is 13.1 Å². The fraction of sp³-hybridized carbons (Fsp3) is 0.450. The van der Waals surface area contributed by atoms with E-state index >= 15 is 0 Å². The summed E-state index contributed by atoms with van der Waals surface area (Å²) in [4.78, 5) is 27.6. The van der Waals surface area contributed by atoms with Gasteiger partial charge in [-0.1, -0.05) is 26.0 Å². The molecule has 1 aliphatic rings. The maximum Gasteiger partial charge on any atom is 0.273 e. The van der Waals surface area contributed by atoms with Gasteiger partial charge < -0.3 is 9.88 Å². The summed E-state index contributed by atoms with van der Waals surface area (Å²) in [6.07, 6.45) is 2.05. The maximum absolute atomic E-state index is 12.9. The Kier molecular flexibility index (Phi) is 4.53. The molecule has 0 saturated carbocycles. The Bertz CT molecular complexity index is 942. The van der Waals surface area contributed by atoms with Gasteiger partial charge in [0.15, 0.2) is 0 Å². The van der Waals surface area contributed by atoms with E-state index in [9.17, 15) is 4.79 Å². The van der Waals surface area contributed by atoms with Crippen LogP contribution in [-0.2, 0) is 0 Å². The Balaban J connectivity index is 1.54. The van der Waals surface area contributed by atoms with Crippen molar-refractivity contribution in [3.8, 4) is 0 Å². The molecular weight excluding hydrogens is 344 g/mol. The third kappa shape index (κ3) is 3.14. The highest BCUT2D eigenvalue weighted by molar-refractivity contribution is 7.09. The lowest BCUT2D eigenvalue weighted by Crippen LogP contribution is -2.39. The van der Waals surface area contributed by atoms with Crippen molar-refractivity contribution in [3.63, 3.8) is 0 Å². The van der Waals surface area contributed by atoms with Gasteiger partial charge in [-0.2, -0.15) is 0 Å². The van der Waals surface area contributed by atoms with Gasteiger partial charge in [0.1, 0.15) is 11.5 Å². The highest BCUT2D eigenvalue weighted by Crippen LogP contribution is 2.29. The Morgan fingerprint density at radius 2 is 2.19 bits per heavy atom. The molecule has 26 heavy (non-hydrogen) atoms. The fourth-order valence-electron chi connectivity index (χ4n) is 3.59. The third-order valence-electron chi connectivity index (χ3n) is 5.06. The number of aromatic nitrogens is 3. The molecule has 0 spiro atoms. The zero-order valence-corrected chi connectivity index (χ0v) is 16.3. The molecule has 4 rings (SSSR count). The number of imidazole rings is 1. The van der Waals surface area contributed by atoms with E-state index in [0.717, 1.165) is 41.3 Å². The van der Waals surface area contributed by atoms with E-state index < -0.39 is 0 Å². The molecule has 1 fully saturated rings. The van der Waals surface area contributed by atoms with Gasteiger partial charge in [0.2, 0.25) is 0 Å². The minimum Gasteiger partial charge on any atom is -0.342 e. The van der Waals surface area contributed by atoms with Crippen molar-refractivity contribution in [1.29, 1.82) is 0 Å². The molecule has 1 amide bonds. The van der Waals surface area contributed by atoms with Crippen LogP contribution in [0.4, 0.5) is 0 Å². The van der Waals surface area contributed by atoms with E-state index in [4.69, 9.17) is 4.98 Å². The van der Waals surface area contributed by atoms with Crippen molar-refractivity contribution in [1.82, 2.24) is 19.9 Å². The average Bonchev–Trinajstić information content (AvgIpc) is 3.29. The van der Waals surface area contributed by atoms with E-state index in [-0.39, 0.29) is 11.8 Å². The molecule has 1 aliphatic heterocycles. The molecule has 1 atom stereocenters. The number of carbonyl (C=O) groups excluding carboxylic acids is 1. The summed E-state index contributed by atoms with van der Waals surface area (Å²) in [5.41, 5.74) is 3.87. The number of likely N-dealkylation sites (tertiary alicyclic amines) is 1. The Labute approximate surface area is 157 Å². The summed E-state index contributed by atoms with van der Waals surface area (Å²) in [6, 6.07) is 6.19. The number of H-pyrrole nitrogens is 1. The third-order valence-corrected chi connectivity index (χ3v) is 6.21. The lowest BCUT2D eigenvalue weighted by molar-refractivity contribution is 0.0699. The summed E-state index contributed by atoms with van der Waals surface area (Å²) < 4.78 is 0. The summed E-state index contributed by atoms with van der Waals surface area (Å²) >= 11 is 1.57. The second kappa shape index (κ2) is 6.83. The minimum atomic E-state index is 0.0464. The first-order valence-electron chi connectivity index (χ1n) is 9.23. The zero-order chi connectivity index (χ0) is 18.3. The first kappa shape index (κ1) is 17.2. The number of amides is 1. The molecule has 0 radical (unpaired) electrons. The predicted octanol–water partition coefficient (Wildman–Crippen LogP) is 4.47. The average molecular weight is 369 g/mol. The lowest BCUT2D eigenvalue weighted by Gasteiger charge is -2.31. The number of thiazole rings is 1. The van der Waals surface area contributed by atoms with Gasteiger partial charge in [0.05, 0.1) is 16.0 Å². The normalized spacial score (nSPS) is 18.0. The summed E-state index contributed by atoms with van der Waals surface area (Å²) in [5, 5.41) is 2.92. The number of benzene rings is 1. The molecule has 6 heteroatoms. The topological polar surface area (TPSA) is 61.9 Å². The predicted molar refractivity (Wildman–Crippen MR) is 105 cm³/mol. The molecule has 0 unspecified atom stereocenters. The largest absolute Gasteiger partial charge is 0.342 e. The monoisotopic (exact) mass is 368 g/mol. The van der Waals surface area contributed by atoms with Crippen LogP contribution in [0.3, 0.4) is 0 Å². The SMILES string of the molecule is Cc1cccc2[nH]c([C@@H]3CCCN(C(=O)c4csc(C(C)C)n4)C3)nc12. The van der Waals surface area contributed by atoms with Crippen LogP contribution in [0.1, 0.15) is 65.4 Å². The smallest absolute Gasteiger partial charge is 0.273 e. The van der Waals surface area contributed by atoms with Crippen LogP contribution in [-0.4, -0.2) is 38.8 Å². The number of fused-ring (bicyclic) bond motifs is 1. The quantitative estimate of drug-likeness (QED) is 0.742. The van der Waals surface area contributed by atoms with Gasteiger partial charge in [-0.3, -0.25) is 4.79 Å². The number of hydrogen-bond acceptors (Lipinski definition) is 4. The highest BCUT2D eigenvalue weighted by Gasteiger charge is 2.28. The number of nitrogens with zero attached hydrogens (tertiary/aromatic N) is 3. The fourth-order valence-corrected chi connectivity index (χ4v) is 4.39. The zero-order valence-electron chi connectivity index (χ0n) is 15.5. The molecule has 1 aromatic carbocycles. The lowest BCUT2D eigenvalue weighted by atomic mass is 9.97. The van der Waals surface area contributed by atoms with Crippen molar-refractivity contribution in [3.05, 3.63) is 45.7 Å². The molecule has 1 saturated heterocycles. The van der Waals surface area contributed by atoms with Gasteiger partial charge in [0.25, 0.3) is 5.91 Å². The minimum absolute atomic E-state index is 0.0464. The summed E-state index contributed by atoms with van der Waals surface area (Å²) in [5.74, 6) is 1.65. The number of nitrogens with one attached hydrogen (secondary N) is 1. The number of para-hydroxylation sites is 1. The molecule has 3 aromatic rings. The molecule has 2 aromatic heterocycles. The number of aryl methyl sites for hydroxylation is 1. The van der Waals surface area contributed by atoms with Crippen LogP contribution in [0.2, 0.25) is 0 Å².